The summed E-state index contributed by atoms with van der Waals surface area (Å²) >= 11 is 0. The summed E-state index contributed by atoms with van der Waals surface area (Å²) in [4.78, 5) is 0. The van der Waals surface area contributed by atoms with Crippen molar-refractivity contribution >= 4 is 10.0 Å². The lowest BCUT2D eigenvalue weighted by Crippen LogP contribution is -2.41. The molecule has 0 unspecified atom stereocenters. The van der Waals surface area contributed by atoms with E-state index in [-0.39, 0.29) is 12.8 Å². The van der Waals surface area contributed by atoms with Crippen LogP contribution in [0.2, 0.25) is 0 Å². The van der Waals surface area contributed by atoms with Crippen molar-refractivity contribution < 1.29 is 21.6 Å². The van der Waals surface area contributed by atoms with Crippen LogP contribution in [0, 0.1) is 5.92 Å². The van der Waals surface area contributed by atoms with Gasteiger partial charge >= 0.3 is 6.18 Å². The second-order valence-corrected chi connectivity index (χ2v) is 5.77. The molecule has 2 atom stereocenters. The Morgan fingerprint density at radius 3 is 2.33 bits per heavy atom. The quantitative estimate of drug-likeness (QED) is 0.804. The number of hydrogen-bond donors (Lipinski definition) is 1. The van der Waals surface area contributed by atoms with Crippen LogP contribution in [-0.2, 0) is 10.0 Å². The third kappa shape index (κ3) is 4.38. The molecule has 0 saturated heterocycles. The lowest BCUT2D eigenvalue weighted by Gasteiger charge is -2.30. The van der Waals surface area contributed by atoms with E-state index in [0.29, 0.717) is 12.8 Å². The van der Waals surface area contributed by atoms with E-state index >= 15 is 0 Å². The second-order valence-electron chi connectivity index (χ2n) is 3.99. The third-order valence-electron chi connectivity index (χ3n) is 2.52. The van der Waals surface area contributed by atoms with Crippen LogP contribution in [-0.4, -0.2) is 26.9 Å². The first-order valence-corrected chi connectivity index (χ1v) is 6.61. The molecule has 3 nitrogen and oxygen atoms in total. The number of rotatable bonds is 2. The van der Waals surface area contributed by atoms with Gasteiger partial charge < -0.3 is 0 Å². The minimum atomic E-state index is -4.21. The van der Waals surface area contributed by atoms with Gasteiger partial charge in [-0.25, -0.2) is 13.1 Å². The monoisotopic (exact) mass is 245 g/mol. The molecule has 0 bridgehead atoms. The summed E-state index contributed by atoms with van der Waals surface area (Å²) < 4.78 is 61.1. The van der Waals surface area contributed by atoms with Gasteiger partial charge in [-0.15, -0.1) is 0 Å². The predicted octanol–water partition coefficient (Wildman–Crippen LogP) is 1.66. The SMILES string of the molecule is CS(=O)(=O)N[C@H]1CCC[C@@H](C(F)(F)F)C1. The summed E-state index contributed by atoms with van der Waals surface area (Å²) in [6, 6.07) is -0.569. The molecular formula is C8H14F3NO2S. The molecule has 0 spiro atoms. The summed E-state index contributed by atoms with van der Waals surface area (Å²) in [5.41, 5.74) is 0. The Kier molecular flexibility index (Phi) is 3.65. The van der Waals surface area contributed by atoms with Gasteiger partial charge in [0.1, 0.15) is 0 Å². The molecule has 7 heteroatoms. The van der Waals surface area contributed by atoms with E-state index in [4.69, 9.17) is 0 Å². The zero-order valence-corrected chi connectivity index (χ0v) is 9.16. The highest BCUT2D eigenvalue weighted by Crippen LogP contribution is 2.37. The average molecular weight is 245 g/mol. The zero-order chi connectivity index (χ0) is 11.7. The normalized spacial score (nSPS) is 29.1. The number of hydrogen-bond acceptors (Lipinski definition) is 2. The second kappa shape index (κ2) is 4.29. The van der Waals surface area contributed by atoms with Crippen molar-refractivity contribution in [2.75, 3.05) is 6.26 Å². The summed E-state index contributed by atoms with van der Waals surface area (Å²) in [7, 11) is -3.41. The van der Waals surface area contributed by atoms with Crippen molar-refractivity contribution in [3.63, 3.8) is 0 Å². The maximum absolute atomic E-state index is 12.4. The van der Waals surface area contributed by atoms with E-state index in [9.17, 15) is 21.6 Å². The fraction of sp³-hybridized carbons (Fsp3) is 1.00. The standard InChI is InChI=1S/C8H14F3NO2S/c1-15(13,14)12-7-4-2-3-6(5-7)8(9,10)11/h6-7,12H,2-5H2,1H3/t6-,7+/m1/s1. The highest BCUT2D eigenvalue weighted by molar-refractivity contribution is 7.88. The van der Waals surface area contributed by atoms with E-state index < -0.39 is 28.2 Å². The van der Waals surface area contributed by atoms with Gasteiger partial charge in [0.15, 0.2) is 0 Å². The number of nitrogens with one attached hydrogen (secondary N) is 1. The van der Waals surface area contributed by atoms with Crippen LogP contribution in [0.25, 0.3) is 0 Å². The molecule has 1 rings (SSSR count). The van der Waals surface area contributed by atoms with Crippen molar-refractivity contribution in [2.24, 2.45) is 5.92 Å². The minimum absolute atomic E-state index is 0.103. The van der Waals surface area contributed by atoms with E-state index in [1.165, 1.54) is 0 Å². The van der Waals surface area contributed by atoms with Gasteiger partial charge in [-0.3, -0.25) is 0 Å². The number of sulfonamides is 1. The molecule has 1 aliphatic carbocycles. The molecule has 15 heavy (non-hydrogen) atoms. The van der Waals surface area contributed by atoms with Gasteiger partial charge in [-0.2, -0.15) is 13.2 Å². The first kappa shape index (κ1) is 12.8. The largest absolute Gasteiger partial charge is 0.391 e. The molecule has 0 aliphatic heterocycles. The topological polar surface area (TPSA) is 46.2 Å². The summed E-state index contributed by atoms with van der Waals surface area (Å²) in [5.74, 6) is -1.37. The number of alkyl halides is 3. The van der Waals surface area contributed by atoms with E-state index in [2.05, 4.69) is 4.72 Å². The molecule has 0 aromatic heterocycles. The fourth-order valence-corrected chi connectivity index (χ4v) is 2.72. The average Bonchev–Trinajstić information content (AvgIpc) is 1.99. The Morgan fingerprint density at radius 2 is 1.87 bits per heavy atom. The Morgan fingerprint density at radius 1 is 1.27 bits per heavy atom. The van der Waals surface area contributed by atoms with Crippen LogP contribution < -0.4 is 4.72 Å². The summed E-state index contributed by atoms with van der Waals surface area (Å²) in [6.07, 6.45) is -2.39. The Bertz CT molecular complexity index is 312. The molecule has 0 radical (unpaired) electrons. The minimum Gasteiger partial charge on any atom is -0.213 e. The van der Waals surface area contributed by atoms with Gasteiger partial charge in [0.25, 0.3) is 0 Å². The van der Waals surface area contributed by atoms with Crippen LogP contribution in [0.1, 0.15) is 25.7 Å². The Labute approximate surface area is 87.1 Å². The Balaban J connectivity index is 2.57. The molecule has 1 saturated carbocycles. The molecule has 0 aromatic rings. The molecule has 1 N–H and O–H groups in total. The van der Waals surface area contributed by atoms with Crippen LogP contribution in [0.15, 0.2) is 0 Å². The lowest BCUT2D eigenvalue weighted by atomic mass is 9.86. The molecule has 0 aromatic carbocycles. The van der Waals surface area contributed by atoms with Crippen molar-refractivity contribution in [3.05, 3.63) is 0 Å². The maximum atomic E-state index is 12.4. The summed E-state index contributed by atoms with van der Waals surface area (Å²) in [6.45, 7) is 0. The molecular weight excluding hydrogens is 231 g/mol. The smallest absolute Gasteiger partial charge is 0.213 e. The van der Waals surface area contributed by atoms with E-state index in [1.807, 2.05) is 0 Å². The van der Waals surface area contributed by atoms with Crippen LogP contribution >= 0.6 is 0 Å². The first-order valence-electron chi connectivity index (χ1n) is 4.72. The van der Waals surface area contributed by atoms with Crippen molar-refractivity contribution in [2.45, 2.75) is 37.9 Å². The van der Waals surface area contributed by atoms with Crippen molar-refractivity contribution in [3.8, 4) is 0 Å². The molecule has 90 valence electrons. The predicted molar refractivity (Wildman–Crippen MR) is 49.8 cm³/mol. The lowest BCUT2D eigenvalue weighted by molar-refractivity contribution is -0.183. The van der Waals surface area contributed by atoms with E-state index in [0.717, 1.165) is 6.26 Å². The molecule has 0 amide bonds. The van der Waals surface area contributed by atoms with Crippen LogP contribution in [0.5, 0.6) is 0 Å². The van der Waals surface area contributed by atoms with E-state index in [1.54, 1.807) is 0 Å². The van der Waals surface area contributed by atoms with Gasteiger partial charge in [-0.1, -0.05) is 6.42 Å². The van der Waals surface area contributed by atoms with Gasteiger partial charge in [0.2, 0.25) is 10.0 Å². The Hall–Kier alpha value is -0.300. The molecule has 0 heterocycles. The summed E-state index contributed by atoms with van der Waals surface area (Å²) in [5, 5.41) is 0. The van der Waals surface area contributed by atoms with Gasteiger partial charge in [0.05, 0.1) is 12.2 Å². The van der Waals surface area contributed by atoms with Crippen molar-refractivity contribution in [1.82, 2.24) is 4.72 Å². The highest BCUT2D eigenvalue weighted by Gasteiger charge is 2.42. The highest BCUT2D eigenvalue weighted by atomic mass is 32.2. The van der Waals surface area contributed by atoms with Gasteiger partial charge in [-0.05, 0) is 19.3 Å². The zero-order valence-electron chi connectivity index (χ0n) is 8.34. The first-order chi connectivity index (χ1) is 6.68. The maximum Gasteiger partial charge on any atom is 0.391 e. The van der Waals surface area contributed by atoms with Crippen molar-refractivity contribution in [1.29, 1.82) is 0 Å². The molecule has 1 fully saturated rings. The molecule has 1 aliphatic rings. The van der Waals surface area contributed by atoms with Crippen LogP contribution in [0.3, 0.4) is 0 Å². The number of halogens is 3. The third-order valence-corrected chi connectivity index (χ3v) is 3.28. The fourth-order valence-electron chi connectivity index (χ4n) is 1.90. The van der Waals surface area contributed by atoms with Gasteiger partial charge in [0, 0.05) is 6.04 Å². The van der Waals surface area contributed by atoms with Crippen LogP contribution in [0.4, 0.5) is 13.2 Å².